The lowest BCUT2D eigenvalue weighted by molar-refractivity contribution is 0.0347. The van der Waals surface area contributed by atoms with Gasteiger partial charge in [0, 0.05) is 17.2 Å². The van der Waals surface area contributed by atoms with Gasteiger partial charge < -0.3 is 15.8 Å². The number of nitrogens with one attached hydrogen (secondary N) is 1. The molecule has 3 N–H and O–H groups in total. The van der Waals surface area contributed by atoms with Crippen LogP contribution in [0.5, 0.6) is 0 Å². The van der Waals surface area contributed by atoms with Crippen molar-refractivity contribution in [1.82, 2.24) is 4.98 Å². The van der Waals surface area contributed by atoms with Gasteiger partial charge in [-0.2, -0.15) is 0 Å². The quantitative estimate of drug-likeness (QED) is 0.820. The van der Waals surface area contributed by atoms with Gasteiger partial charge in [-0.3, -0.25) is 0 Å². The predicted octanol–water partition coefficient (Wildman–Crippen LogP) is 3.19. The highest BCUT2D eigenvalue weighted by atomic mass is 79.9. The maximum atomic E-state index is 5.85. The first-order valence-corrected chi connectivity index (χ1v) is 7.31. The van der Waals surface area contributed by atoms with E-state index >= 15 is 0 Å². The summed E-state index contributed by atoms with van der Waals surface area (Å²) in [5.74, 6) is 0.727. The third-order valence-corrected chi connectivity index (χ3v) is 3.62. The predicted molar refractivity (Wildman–Crippen MR) is 77.7 cm³/mol. The van der Waals surface area contributed by atoms with E-state index in [1.54, 1.807) is 6.20 Å². The van der Waals surface area contributed by atoms with Crippen molar-refractivity contribution in [2.24, 2.45) is 0 Å². The molecule has 0 aliphatic heterocycles. The normalized spacial score (nSPS) is 16.7. The molecule has 0 aromatic carbocycles. The lowest BCUT2D eigenvalue weighted by Crippen LogP contribution is -2.21. The first kappa shape index (κ1) is 13.6. The van der Waals surface area contributed by atoms with Crippen molar-refractivity contribution >= 4 is 27.4 Å². The minimum atomic E-state index is 0.454. The van der Waals surface area contributed by atoms with Crippen LogP contribution < -0.4 is 11.1 Å². The Balaban J connectivity index is 1.68. The number of pyridine rings is 1. The zero-order valence-electron chi connectivity index (χ0n) is 10.5. The molecule has 0 amide bonds. The lowest BCUT2D eigenvalue weighted by atomic mass is 9.98. The van der Waals surface area contributed by atoms with Crippen LogP contribution >= 0.6 is 15.9 Å². The number of nitrogen functional groups attached to an aromatic ring is 1. The average molecular weight is 314 g/mol. The van der Waals surface area contributed by atoms with Crippen molar-refractivity contribution in [3.8, 4) is 0 Å². The van der Waals surface area contributed by atoms with Gasteiger partial charge in [0.2, 0.25) is 0 Å². The number of aromatic nitrogens is 1. The standard InChI is InChI=1S/C13H20BrN3O/c14-10-8-12(15)13(17-9-10)16-6-7-18-11-4-2-1-3-5-11/h8-9,11H,1-7,15H2,(H,16,17). The van der Waals surface area contributed by atoms with E-state index in [1.165, 1.54) is 32.1 Å². The third kappa shape index (κ3) is 4.14. The van der Waals surface area contributed by atoms with Crippen molar-refractivity contribution in [3.63, 3.8) is 0 Å². The van der Waals surface area contributed by atoms with E-state index in [1.807, 2.05) is 6.07 Å². The smallest absolute Gasteiger partial charge is 0.149 e. The number of halogens is 1. The van der Waals surface area contributed by atoms with Crippen LogP contribution in [0.3, 0.4) is 0 Å². The summed E-state index contributed by atoms with van der Waals surface area (Å²) in [6.45, 7) is 1.46. The zero-order chi connectivity index (χ0) is 12.8. The molecule has 1 aromatic rings. The van der Waals surface area contributed by atoms with Gasteiger partial charge in [-0.05, 0) is 34.8 Å². The summed E-state index contributed by atoms with van der Waals surface area (Å²) in [4.78, 5) is 4.22. The molecule has 18 heavy (non-hydrogen) atoms. The number of anilines is 2. The van der Waals surface area contributed by atoms with Gasteiger partial charge in [0.1, 0.15) is 5.82 Å². The molecule has 0 unspecified atom stereocenters. The topological polar surface area (TPSA) is 60.2 Å². The van der Waals surface area contributed by atoms with Crippen molar-refractivity contribution in [3.05, 3.63) is 16.7 Å². The van der Waals surface area contributed by atoms with Gasteiger partial charge in [0.15, 0.2) is 0 Å². The van der Waals surface area contributed by atoms with Crippen LogP contribution in [0.1, 0.15) is 32.1 Å². The Hall–Kier alpha value is -0.810. The monoisotopic (exact) mass is 313 g/mol. The van der Waals surface area contributed by atoms with Crippen LogP contribution in [-0.4, -0.2) is 24.2 Å². The Morgan fingerprint density at radius 3 is 2.89 bits per heavy atom. The molecule has 0 radical (unpaired) electrons. The van der Waals surface area contributed by atoms with E-state index in [0.29, 0.717) is 18.4 Å². The molecule has 2 rings (SSSR count). The summed E-state index contributed by atoms with van der Waals surface area (Å²) in [5, 5.41) is 3.20. The number of hydrogen-bond acceptors (Lipinski definition) is 4. The lowest BCUT2D eigenvalue weighted by Gasteiger charge is -2.22. The van der Waals surface area contributed by atoms with Gasteiger partial charge in [0.05, 0.1) is 18.4 Å². The molecule has 1 aromatic heterocycles. The van der Waals surface area contributed by atoms with Gasteiger partial charge in [0.25, 0.3) is 0 Å². The summed E-state index contributed by atoms with van der Waals surface area (Å²) < 4.78 is 6.72. The van der Waals surface area contributed by atoms with Crippen molar-refractivity contribution in [2.45, 2.75) is 38.2 Å². The minimum Gasteiger partial charge on any atom is -0.396 e. The van der Waals surface area contributed by atoms with Crippen LogP contribution in [0.15, 0.2) is 16.7 Å². The number of nitrogens with two attached hydrogens (primary N) is 1. The molecular formula is C13H20BrN3O. The fraction of sp³-hybridized carbons (Fsp3) is 0.615. The highest BCUT2D eigenvalue weighted by molar-refractivity contribution is 9.10. The Morgan fingerprint density at radius 1 is 1.39 bits per heavy atom. The molecule has 1 aliphatic carbocycles. The Labute approximate surface area is 116 Å². The van der Waals surface area contributed by atoms with Crippen molar-refractivity contribution < 1.29 is 4.74 Å². The molecule has 0 saturated heterocycles. The molecule has 1 fully saturated rings. The molecule has 0 bridgehead atoms. The fourth-order valence-electron chi connectivity index (χ4n) is 2.23. The highest BCUT2D eigenvalue weighted by Gasteiger charge is 2.13. The SMILES string of the molecule is Nc1cc(Br)cnc1NCCOC1CCCCC1. The number of rotatable bonds is 5. The van der Waals surface area contributed by atoms with E-state index in [2.05, 4.69) is 26.2 Å². The molecule has 100 valence electrons. The van der Waals surface area contributed by atoms with E-state index in [0.717, 1.165) is 16.8 Å². The molecule has 0 atom stereocenters. The molecular weight excluding hydrogens is 294 g/mol. The Kier molecular flexibility index (Phi) is 5.26. The molecule has 1 heterocycles. The summed E-state index contributed by atoms with van der Waals surface area (Å²) >= 11 is 3.34. The summed E-state index contributed by atoms with van der Waals surface area (Å²) in [6.07, 6.45) is 8.57. The van der Waals surface area contributed by atoms with Crippen molar-refractivity contribution in [2.75, 3.05) is 24.2 Å². The molecule has 4 nitrogen and oxygen atoms in total. The summed E-state index contributed by atoms with van der Waals surface area (Å²) in [5.41, 5.74) is 6.51. The fourth-order valence-corrected chi connectivity index (χ4v) is 2.58. The molecule has 5 heteroatoms. The first-order chi connectivity index (χ1) is 8.75. The second-order valence-electron chi connectivity index (χ2n) is 4.65. The first-order valence-electron chi connectivity index (χ1n) is 6.52. The van der Waals surface area contributed by atoms with Crippen LogP contribution in [-0.2, 0) is 4.74 Å². The average Bonchev–Trinajstić information content (AvgIpc) is 2.38. The second kappa shape index (κ2) is 6.95. The van der Waals surface area contributed by atoms with Crippen LogP contribution in [0.25, 0.3) is 0 Å². The van der Waals surface area contributed by atoms with Crippen LogP contribution in [0, 0.1) is 0 Å². The number of ether oxygens (including phenoxy) is 1. The maximum absolute atomic E-state index is 5.85. The van der Waals surface area contributed by atoms with Crippen LogP contribution in [0.4, 0.5) is 11.5 Å². The Morgan fingerprint density at radius 2 is 2.17 bits per heavy atom. The number of hydrogen-bond donors (Lipinski definition) is 2. The molecule has 1 aliphatic rings. The molecule has 1 saturated carbocycles. The van der Waals surface area contributed by atoms with Gasteiger partial charge in [-0.1, -0.05) is 19.3 Å². The summed E-state index contributed by atoms with van der Waals surface area (Å²) in [6, 6.07) is 1.84. The summed E-state index contributed by atoms with van der Waals surface area (Å²) in [7, 11) is 0. The second-order valence-corrected chi connectivity index (χ2v) is 5.56. The minimum absolute atomic E-state index is 0.454. The van der Waals surface area contributed by atoms with Gasteiger partial charge in [-0.25, -0.2) is 4.98 Å². The van der Waals surface area contributed by atoms with Gasteiger partial charge in [-0.15, -0.1) is 0 Å². The van der Waals surface area contributed by atoms with E-state index < -0.39 is 0 Å². The third-order valence-electron chi connectivity index (χ3n) is 3.18. The highest BCUT2D eigenvalue weighted by Crippen LogP contribution is 2.21. The van der Waals surface area contributed by atoms with Gasteiger partial charge >= 0.3 is 0 Å². The largest absolute Gasteiger partial charge is 0.396 e. The van der Waals surface area contributed by atoms with Crippen molar-refractivity contribution in [1.29, 1.82) is 0 Å². The number of nitrogens with zero attached hydrogens (tertiary/aromatic N) is 1. The molecule has 0 spiro atoms. The Bertz CT molecular complexity index is 380. The van der Waals surface area contributed by atoms with E-state index in [9.17, 15) is 0 Å². The maximum Gasteiger partial charge on any atom is 0.149 e. The zero-order valence-corrected chi connectivity index (χ0v) is 12.1. The van der Waals surface area contributed by atoms with E-state index in [4.69, 9.17) is 10.5 Å². The van der Waals surface area contributed by atoms with E-state index in [-0.39, 0.29) is 0 Å². The van der Waals surface area contributed by atoms with Crippen LogP contribution in [0.2, 0.25) is 0 Å².